The van der Waals surface area contributed by atoms with Crippen molar-refractivity contribution in [2.45, 2.75) is 6.11 Å². The second-order valence-electron chi connectivity index (χ2n) is 2.98. The number of nitro benzene ring substituents is 1. The van der Waals surface area contributed by atoms with Gasteiger partial charge in [0.25, 0.3) is 0 Å². The van der Waals surface area contributed by atoms with Crippen molar-refractivity contribution in [2.24, 2.45) is 0 Å². The molecule has 1 rings (SSSR count). The van der Waals surface area contributed by atoms with Crippen LogP contribution in [0, 0.1) is 21.4 Å². The van der Waals surface area contributed by atoms with Gasteiger partial charge >= 0.3 is 17.8 Å². The Morgan fingerprint density at radius 3 is 2.61 bits per heavy atom. The summed E-state index contributed by atoms with van der Waals surface area (Å²) in [6.45, 7) is 0. The standard InChI is InChI=1S/C9H4F2N2O5/c10-9(11,8(14)15)18-7-2-1-5(4-12)3-6(7)13(16)17/h1-3H,(H,14,15). The second-order valence-corrected chi connectivity index (χ2v) is 2.98. The molecule has 94 valence electrons. The molecule has 1 aromatic carbocycles. The van der Waals surface area contributed by atoms with Gasteiger partial charge in [-0.15, -0.1) is 0 Å². The molecule has 0 aliphatic rings. The van der Waals surface area contributed by atoms with Gasteiger partial charge in [-0.25, -0.2) is 4.79 Å². The highest BCUT2D eigenvalue weighted by Crippen LogP contribution is 2.32. The van der Waals surface area contributed by atoms with Crippen molar-refractivity contribution in [2.75, 3.05) is 0 Å². The summed E-state index contributed by atoms with van der Waals surface area (Å²) in [6.07, 6.45) is -4.60. The number of carboxylic acids is 1. The van der Waals surface area contributed by atoms with Crippen LogP contribution in [0.1, 0.15) is 5.56 Å². The number of carbonyl (C=O) groups is 1. The lowest BCUT2D eigenvalue weighted by molar-refractivity contribution is -0.387. The van der Waals surface area contributed by atoms with Crippen molar-refractivity contribution < 1.29 is 28.3 Å². The molecule has 7 nitrogen and oxygen atoms in total. The molecule has 1 aromatic rings. The van der Waals surface area contributed by atoms with Crippen molar-refractivity contribution >= 4 is 11.7 Å². The summed E-state index contributed by atoms with van der Waals surface area (Å²) in [5.41, 5.74) is -1.07. The van der Waals surface area contributed by atoms with Gasteiger partial charge in [-0.2, -0.15) is 14.0 Å². The van der Waals surface area contributed by atoms with Gasteiger partial charge < -0.3 is 9.84 Å². The molecule has 0 atom stereocenters. The molecular weight excluding hydrogens is 254 g/mol. The fraction of sp³-hybridized carbons (Fsp3) is 0.111. The van der Waals surface area contributed by atoms with E-state index in [1.165, 1.54) is 0 Å². The fourth-order valence-electron chi connectivity index (χ4n) is 0.998. The highest BCUT2D eigenvalue weighted by atomic mass is 19.3. The summed E-state index contributed by atoms with van der Waals surface area (Å²) in [6, 6.07) is 3.99. The topological polar surface area (TPSA) is 113 Å². The first kappa shape index (κ1) is 13.3. The number of hydrogen-bond acceptors (Lipinski definition) is 5. The third kappa shape index (κ3) is 2.67. The van der Waals surface area contributed by atoms with E-state index < -0.39 is 28.4 Å². The molecule has 0 spiro atoms. The van der Waals surface area contributed by atoms with Gasteiger partial charge in [0.15, 0.2) is 0 Å². The zero-order valence-corrected chi connectivity index (χ0v) is 8.46. The number of aliphatic carboxylic acids is 1. The maximum Gasteiger partial charge on any atom is 0.502 e. The highest BCUT2D eigenvalue weighted by molar-refractivity contribution is 5.74. The minimum Gasteiger partial charge on any atom is -0.474 e. The highest BCUT2D eigenvalue weighted by Gasteiger charge is 2.44. The van der Waals surface area contributed by atoms with Gasteiger partial charge in [0.1, 0.15) is 0 Å². The van der Waals surface area contributed by atoms with Crippen molar-refractivity contribution in [3.05, 3.63) is 33.9 Å². The zero-order chi connectivity index (χ0) is 13.9. The van der Waals surface area contributed by atoms with E-state index in [-0.39, 0.29) is 5.56 Å². The maximum absolute atomic E-state index is 12.7. The lowest BCUT2D eigenvalue weighted by atomic mass is 10.2. The van der Waals surface area contributed by atoms with E-state index in [4.69, 9.17) is 10.4 Å². The number of nitriles is 1. The van der Waals surface area contributed by atoms with Crippen LogP contribution in [0.5, 0.6) is 5.75 Å². The Balaban J connectivity index is 3.22. The first-order chi connectivity index (χ1) is 8.27. The first-order valence-electron chi connectivity index (χ1n) is 4.26. The zero-order valence-electron chi connectivity index (χ0n) is 8.46. The van der Waals surface area contributed by atoms with Crippen LogP contribution in [-0.4, -0.2) is 22.1 Å². The van der Waals surface area contributed by atoms with Gasteiger partial charge in [0.05, 0.1) is 16.6 Å². The summed E-state index contributed by atoms with van der Waals surface area (Å²) in [7, 11) is 0. The summed E-state index contributed by atoms with van der Waals surface area (Å²) in [5, 5.41) is 27.2. The number of alkyl halides is 2. The molecule has 0 bridgehead atoms. The molecule has 0 heterocycles. The molecule has 0 radical (unpaired) electrons. The molecule has 18 heavy (non-hydrogen) atoms. The fourth-order valence-corrected chi connectivity index (χ4v) is 0.998. The number of benzene rings is 1. The summed E-state index contributed by atoms with van der Waals surface area (Å²) in [5.74, 6) is -3.52. The predicted octanol–water partition coefficient (Wildman–Crippen LogP) is 1.52. The molecule has 0 aromatic heterocycles. The average molecular weight is 258 g/mol. The van der Waals surface area contributed by atoms with Gasteiger partial charge in [-0.1, -0.05) is 0 Å². The molecule has 0 unspecified atom stereocenters. The minimum atomic E-state index is -4.60. The summed E-state index contributed by atoms with van der Waals surface area (Å²) >= 11 is 0. The number of ether oxygens (including phenoxy) is 1. The smallest absolute Gasteiger partial charge is 0.474 e. The largest absolute Gasteiger partial charge is 0.502 e. The molecule has 0 aliphatic carbocycles. The van der Waals surface area contributed by atoms with E-state index in [0.29, 0.717) is 6.07 Å². The molecule has 0 saturated carbocycles. The Labute approximate surface area is 98.0 Å². The van der Waals surface area contributed by atoms with E-state index in [1.807, 2.05) is 0 Å². The van der Waals surface area contributed by atoms with Crippen LogP contribution in [0.25, 0.3) is 0 Å². The molecule has 9 heteroatoms. The third-order valence-electron chi connectivity index (χ3n) is 1.77. The molecule has 1 N–H and O–H groups in total. The normalized spacial score (nSPS) is 10.5. The molecular formula is C9H4F2N2O5. The Morgan fingerprint density at radius 1 is 1.56 bits per heavy atom. The SMILES string of the molecule is N#Cc1ccc(OC(F)(F)C(=O)O)c([N+](=O)[O-])c1. The molecule has 0 fully saturated rings. The lowest BCUT2D eigenvalue weighted by Crippen LogP contribution is -2.35. The molecule has 0 saturated heterocycles. The number of nitrogens with zero attached hydrogens (tertiary/aromatic N) is 2. The number of carboxylic acid groups (broad SMARTS) is 1. The van der Waals surface area contributed by atoms with E-state index in [1.54, 1.807) is 6.07 Å². The van der Waals surface area contributed by atoms with Crippen molar-refractivity contribution in [3.63, 3.8) is 0 Å². The molecule has 0 aliphatic heterocycles. The van der Waals surface area contributed by atoms with Gasteiger partial charge in [-0.3, -0.25) is 10.1 Å². The van der Waals surface area contributed by atoms with Crippen LogP contribution in [0.15, 0.2) is 18.2 Å². The third-order valence-corrected chi connectivity index (χ3v) is 1.77. The van der Waals surface area contributed by atoms with Gasteiger partial charge in [0, 0.05) is 6.07 Å². The Morgan fingerprint density at radius 2 is 2.17 bits per heavy atom. The Kier molecular flexibility index (Phi) is 3.42. The van der Waals surface area contributed by atoms with E-state index in [9.17, 15) is 23.7 Å². The van der Waals surface area contributed by atoms with E-state index in [0.717, 1.165) is 12.1 Å². The number of rotatable bonds is 4. The van der Waals surface area contributed by atoms with Crippen LogP contribution in [-0.2, 0) is 4.79 Å². The van der Waals surface area contributed by atoms with E-state index in [2.05, 4.69) is 4.74 Å². The second kappa shape index (κ2) is 4.62. The van der Waals surface area contributed by atoms with Crippen LogP contribution in [0.2, 0.25) is 0 Å². The van der Waals surface area contributed by atoms with Crippen LogP contribution < -0.4 is 4.74 Å². The quantitative estimate of drug-likeness (QED) is 0.646. The van der Waals surface area contributed by atoms with Crippen molar-refractivity contribution in [1.82, 2.24) is 0 Å². The minimum absolute atomic E-state index is 0.146. The van der Waals surface area contributed by atoms with Gasteiger partial charge in [-0.05, 0) is 12.1 Å². The van der Waals surface area contributed by atoms with Crippen LogP contribution in [0.3, 0.4) is 0 Å². The monoisotopic (exact) mass is 258 g/mol. The summed E-state index contributed by atoms with van der Waals surface area (Å²) < 4.78 is 29.3. The average Bonchev–Trinajstić information content (AvgIpc) is 2.28. The maximum atomic E-state index is 12.7. The Bertz CT molecular complexity index is 552. The Hall–Kier alpha value is -2.76. The van der Waals surface area contributed by atoms with Crippen LogP contribution in [0.4, 0.5) is 14.5 Å². The lowest BCUT2D eigenvalue weighted by Gasteiger charge is -2.12. The summed E-state index contributed by atoms with van der Waals surface area (Å²) in [4.78, 5) is 19.6. The van der Waals surface area contributed by atoms with Gasteiger partial charge in [0.2, 0.25) is 5.75 Å². The predicted molar refractivity (Wildman–Crippen MR) is 51.0 cm³/mol. The van der Waals surface area contributed by atoms with Crippen molar-refractivity contribution in [3.8, 4) is 11.8 Å². The first-order valence-corrected chi connectivity index (χ1v) is 4.26. The molecule has 0 amide bonds. The van der Waals surface area contributed by atoms with Crippen LogP contribution >= 0.6 is 0 Å². The number of hydrogen-bond donors (Lipinski definition) is 1. The number of halogens is 2. The van der Waals surface area contributed by atoms with Crippen molar-refractivity contribution in [1.29, 1.82) is 5.26 Å². The van der Waals surface area contributed by atoms with E-state index >= 15 is 0 Å². The number of nitro groups is 1.